The summed E-state index contributed by atoms with van der Waals surface area (Å²) < 4.78 is 12.2. The lowest BCUT2D eigenvalue weighted by molar-refractivity contribution is 0.394. The van der Waals surface area contributed by atoms with Crippen LogP contribution in [0.3, 0.4) is 0 Å². The Bertz CT molecular complexity index is 827. The van der Waals surface area contributed by atoms with Crippen LogP contribution in [0, 0.1) is 0 Å². The van der Waals surface area contributed by atoms with Crippen LogP contribution in [0.2, 0.25) is 0 Å². The number of nitrogens with zero attached hydrogens (tertiary/aromatic N) is 5. The maximum atomic E-state index is 5.86. The molecule has 4 N–H and O–H groups in total. The Morgan fingerprint density at radius 1 is 1.17 bits per heavy atom. The normalized spacial score (nSPS) is 10.8. The fraction of sp³-hybridized carbons (Fsp3) is 0.267. The summed E-state index contributed by atoms with van der Waals surface area (Å²) in [7, 11) is 3.20. The van der Waals surface area contributed by atoms with Crippen molar-refractivity contribution >= 4 is 23.1 Å². The van der Waals surface area contributed by atoms with Crippen molar-refractivity contribution in [3.63, 3.8) is 0 Å². The van der Waals surface area contributed by atoms with Crippen molar-refractivity contribution in [2.75, 3.05) is 37.9 Å². The predicted octanol–water partition coefficient (Wildman–Crippen LogP) is 0.820. The molecule has 2 heterocycles. The van der Waals surface area contributed by atoms with Crippen molar-refractivity contribution in [1.29, 1.82) is 0 Å². The van der Waals surface area contributed by atoms with E-state index in [1.807, 2.05) is 17.0 Å². The topological polar surface area (TPSA) is 117 Å². The number of benzene rings is 1. The molecule has 0 bridgehead atoms. The van der Waals surface area contributed by atoms with Crippen LogP contribution < -0.4 is 25.8 Å². The fourth-order valence-corrected chi connectivity index (χ4v) is 2.36. The second-order valence-corrected chi connectivity index (χ2v) is 5.00. The molecule has 0 aliphatic carbocycles. The van der Waals surface area contributed by atoms with Crippen LogP contribution in [-0.4, -0.2) is 46.9 Å². The number of hydrogen-bond acceptors (Lipinski definition) is 8. The monoisotopic (exact) mass is 329 g/mol. The number of hydrogen-bond donors (Lipinski definition) is 2. The lowest BCUT2D eigenvalue weighted by Gasteiger charge is -2.21. The van der Waals surface area contributed by atoms with Crippen LogP contribution in [0.4, 0.5) is 17.5 Å². The van der Waals surface area contributed by atoms with Crippen molar-refractivity contribution < 1.29 is 9.47 Å². The zero-order valence-corrected chi connectivity index (χ0v) is 13.5. The van der Waals surface area contributed by atoms with E-state index in [2.05, 4.69) is 15.1 Å². The summed E-state index contributed by atoms with van der Waals surface area (Å²) in [6.07, 6.45) is 3.26. The van der Waals surface area contributed by atoms with Gasteiger partial charge in [0, 0.05) is 43.7 Å². The number of nitrogen functional groups attached to an aromatic ring is 1. The molecule has 0 fully saturated rings. The van der Waals surface area contributed by atoms with Gasteiger partial charge in [-0.3, -0.25) is 0 Å². The van der Waals surface area contributed by atoms with Crippen molar-refractivity contribution in [1.82, 2.24) is 19.6 Å². The number of nitrogens with two attached hydrogens (primary N) is 2. The van der Waals surface area contributed by atoms with Crippen LogP contribution in [0.25, 0.3) is 5.65 Å². The highest BCUT2D eigenvalue weighted by Crippen LogP contribution is 2.31. The first-order valence-corrected chi connectivity index (χ1v) is 7.33. The quantitative estimate of drug-likeness (QED) is 0.682. The molecule has 126 valence electrons. The van der Waals surface area contributed by atoms with Crippen LogP contribution in [0.5, 0.6) is 11.5 Å². The molecule has 0 unspecified atom stereocenters. The molecule has 2 aromatic heterocycles. The summed E-state index contributed by atoms with van der Waals surface area (Å²) in [5, 5.41) is 4.45. The minimum Gasteiger partial charge on any atom is -0.497 e. The molecule has 3 rings (SSSR count). The molecule has 0 aliphatic heterocycles. The molecule has 0 aliphatic rings. The van der Waals surface area contributed by atoms with E-state index in [0.29, 0.717) is 42.0 Å². The number of anilines is 3. The van der Waals surface area contributed by atoms with Gasteiger partial charge in [0.1, 0.15) is 11.5 Å². The van der Waals surface area contributed by atoms with Crippen LogP contribution in [-0.2, 0) is 0 Å². The molecule has 0 saturated heterocycles. The smallest absolute Gasteiger partial charge is 0.250 e. The average molecular weight is 329 g/mol. The molecular weight excluding hydrogens is 310 g/mol. The Kier molecular flexibility index (Phi) is 4.34. The van der Waals surface area contributed by atoms with Crippen molar-refractivity contribution in [2.45, 2.75) is 0 Å². The summed E-state index contributed by atoms with van der Waals surface area (Å²) in [5.41, 5.74) is 12.9. The van der Waals surface area contributed by atoms with Crippen LogP contribution in [0.1, 0.15) is 0 Å². The van der Waals surface area contributed by atoms with Gasteiger partial charge in [-0.15, -0.1) is 5.10 Å². The molecule has 9 nitrogen and oxygen atoms in total. The number of rotatable bonds is 6. The minimum absolute atomic E-state index is 0.312. The third kappa shape index (κ3) is 2.88. The van der Waals surface area contributed by atoms with E-state index in [4.69, 9.17) is 20.9 Å². The SMILES string of the molecule is COc1cc(OC)cc(N(CCN)c2nc3c(N)nccn3n2)c1. The van der Waals surface area contributed by atoms with E-state index in [1.54, 1.807) is 37.2 Å². The first-order valence-electron chi connectivity index (χ1n) is 7.33. The van der Waals surface area contributed by atoms with Gasteiger partial charge in [-0.1, -0.05) is 0 Å². The molecule has 0 amide bonds. The zero-order valence-electron chi connectivity index (χ0n) is 13.5. The highest BCUT2D eigenvalue weighted by Gasteiger charge is 2.17. The number of aromatic nitrogens is 4. The minimum atomic E-state index is 0.312. The average Bonchev–Trinajstić information content (AvgIpc) is 3.04. The Morgan fingerprint density at radius 3 is 2.46 bits per heavy atom. The van der Waals surface area contributed by atoms with Gasteiger partial charge in [0.05, 0.1) is 19.9 Å². The van der Waals surface area contributed by atoms with E-state index in [1.165, 1.54) is 0 Å². The molecule has 0 spiro atoms. The summed E-state index contributed by atoms with van der Waals surface area (Å²) in [4.78, 5) is 10.4. The van der Waals surface area contributed by atoms with Crippen LogP contribution >= 0.6 is 0 Å². The highest BCUT2D eigenvalue weighted by atomic mass is 16.5. The van der Waals surface area contributed by atoms with Gasteiger partial charge < -0.3 is 25.8 Å². The Hall–Kier alpha value is -3.07. The second-order valence-electron chi connectivity index (χ2n) is 5.00. The third-order valence-electron chi connectivity index (χ3n) is 3.51. The van der Waals surface area contributed by atoms with Gasteiger partial charge in [0.2, 0.25) is 5.95 Å². The first kappa shape index (κ1) is 15.8. The van der Waals surface area contributed by atoms with E-state index in [0.717, 1.165) is 5.69 Å². The van der Waals surface area contributed by atoms with E-state index in [-0.39, 0.29) is 0 Å². The van der Waals surface area contributed by atoms with E-state index < -0.39 is 0 Å². The molecule has 3 aromatic rings. The summed E-state index contributed by atoms with van der Waals surface area (Å²) in [5.74, 6) is 2.11. The standard InChI is InChI=1S/C15H19N7O2/c1-23-11-7-10(8-12(9-11)24-2)21(5-3-16)15-19-14-13(17)18-4-6-22(14)20-15/h4,6-9H,3,5,16H2,1-2H3,(H2,17,18). The summed E-state index contributed by atoms with van der Waals surface area (Å²) in [6.45, 7) is 0.934. The van der Waals surface area contributed by atoms with E-state index in [9.17, 15) is 0 Å². The molecule has 1 aromatic carbocycles. The molecule has 0 atom stereocenters. The first-order chi connectivity index (χ1) is 11.7. The summed E-state index contributed by atoms with van der Waals surface area (Å²) >= 11 is 0. The molecule has 9 heteroatoms. The fourth-order valence-electron chi connectivity index (χ4n) is 2.36. The Labute approximate surface area is 138 Å². The largest absolute Gasteiger partial charge is 0.497 e. The predicted molar refractivity (Wildman–Crippen MR) is 90.8 cm³/mol. The van der Waals surface area contributed by atoms with Gasteiger partial charge in [0.25, 0.3) is 0 Å². The van der Waals surface area contributed by atoms with Crippen molar-refractivity contribution in [2.24, 2.45) is 5.73 Å². The summed E-state index contributed by atoms with van der Waals surface area (Å²) in [6, 6.07) is 5.53. The molecule has 0 radical (unpaired) electrons. The van der Waals surface area contributed by atoms with Gasteiger partial charge in [0.15, 0.2) is 11.5 Å². The van der Waals surface area contributed by atoms with Gasteiger partial charge >= 0.3 is 0 Å². The number of fused-ring (bicyclic) bond motifs is 1. The lowest BCUT2D eigenvalue weighted by Crippen LogP contribution is -2.26. The third-order valence-corrected chi connectivity index (χ3v) is 3.51. The van der Waals surface area contributed by atoms with Gasteiger partial charge in [-0.05, 0) is 0 Å². The zero-order chi connectivity index (χ0) is 17.1. The second kappa shape index (κ2) is 6.59. The number of ether oxygens (including phenoxy) is 2. The van der Waals surface area contributed by atoms with Crippen molar-refractivity contribution in [3.8, 4) is 11.5 Å². The Balaban J connectivity index is 2.10. The Morgan fingerprint density at radius 2 is 1.88 bits per heavy atom. The highest BCUT2D eigenvalue weighted by molar-refractivity contribution is 5.66. The van der Waals surface area contributed by atoms with Crippen LogP contribution in [0.15, 0.2) is 30.6 Å². The molecule has 0 saturated carbocycles. The van der Waals surface area contributed by atoms with Gasteiger partial charge in [-0.2, -0.15) is 4.98 Å². The molecular formula is C15H19N7O2. The lowest BCUT2D eigenvalue weighted by atomic mass is 10.2. The van der Waals surface area contributed by atoms with Crippen molar-refractivity contribution in [3.05, 3.63) is 30.6 Å². The van der Waals surface area contributed by atoms with Gasteiger partial charge in [-0.25, -0.2) is 9.50 Å². The maximum absolute atomic E-state index is 5.86. The van der Waals surface area contributed by atoms with E-state index >= 15 is 0 Å². The number of methoxy groups -OCH3 is 2. The molecule has 24 heavy (non-hydrogen) atoms. The maximum Gasteiger partial charge on any atom is 0.250 e.